The first kappa shape index (κ1) is 16.3. The molecular weight excluding hydrogens is 252 g/mol. The second kappa shape index (κ2) is 5.31. The van der Waals surface area contributed by atoms with Crippen molar-refractivity contribution < 1.29 is 15.0 Å². The SMILES string of the molecule is CC(C)(C)c1cc(C=CC(=O)O)c(C(C)(C)C)cc1O. The fourth-order valence-corrected chi connectivity index (χ4v) is 2.15. The van der Waals surface area contributed by atoms with E-state index in [-0.39, 0.29) is 16.6 Å². The van der Waals surface area contributed by atoms with Gasteiger partial charge in [0, 0.05) is 6.08 Å². The lowest BCUT2D eigenvalue weighted by molar-refractivity contribution is -0.131. The second-order valence-electron chi connectivity index (χ2n) is 7.13. The van der Waals surface area contributed by atoms with Crippen LogP contribution in [0.5, 0.6) is 5.75 Å². The van der Waals surface area contributed by atoms with Gasteiger partial charge in [-0.2, -0.15) is 0 Å². The van der Waals surface area contributed by atoms with E-state index in [4.69, 9.17) is 5.11 Å². The zero-order valence-electron chi connectivity index (χ0n) is 13.1. The van der Waals surface area contributed by atoms with Gasteiger partial charge in [0.25, 0.3) is 0 Å². The number of hydrogen-bond acceptors (Lipinski definition) is 2. The molecule has 1 rings (SSSR count). The minimum absolute atomic E-state index is 0.175. The van der Waals surface area contributed by atoms with Crippen LogP contribution in [0.25, 0.3) is 6.08 Å². The molecule has 110 valence electrons. The Morgan fingerprint density at radius 2 is 1.50 bits per heavy atom. The van der Waals surface area contributed by atoms with Crippen LogP contribution in [0, 0.1) is 0 Å². The minimum atomic E-state index is -0.977. The molecule has 0 amide bonds. The van der Waals surface area contributed by atoms with E-state index in [1.807, 2.05) is 47.6 Å². The normalized spacial score (nSPS) is 12.9. The molecular formula is C17H24O3. The lowest BCUT2D eigenvalue weighted by Crippen LogP contribution is -2.17. The lowest BCUT2D eigenvalue weighted by Gasteiger charge is -2.27. The van der Waals surface area contributed by atoms with Gasteiger partial charge in [0.1, 0.15) is 5.75 Å². The Hall–Kier alpha value is -1.77. The van der Waals surface area contributed by atoms with E-state index in [1.54, 1.807) is 12.1 Å². The van der Waals surface area contributed by atoms with Crippen LogP contribution >= 0.6 is 0 Å². The van der Waals surface area contributed by atoms with Crippen LogP contribution in [-0.2, 0) is 15.6 Å². The summed E-state index contributed by atoms with van der Waals surface area (Å²) >= 11 is 0. The van der Waals surface area contributed by atoms with Gasteiger partial charge in [-0.3, -0.25) is 0 Å². The predicted molar refractivity (Wildman–Crippen MR) is 82.2 cm³/mol. The molecule has 0 aliphatic carbocycles. The van der Waals surface area contributed by atoms with Gasteiger partial charge in [0.2, 0.25) is 0 Å². The number of carboxylic acids is 1. The molecule has 1 aromatic rings. The summed E-state index contributed by atoms with van der Waals surface area (Å²) in [6.07, 6.45) is 2.73. The Balaban J connectivity index is 3.54. The first-order valence-electron chi connectivity index (χ1n) is 6.72. The van der Waals surface area contributed by atoms with Crippen LogP contribution < -0.4 is 0 Å². The van der Waals surface area contributed by atoms with Crippen molar-refractivity contribution in [2.24, 2.45) is 0 Å². The van der Waals surface area contributed by atoms with Crippen molar-refractivity contribution in [2.75, 3.05) is 0 Å². The van der Waals surface area contributed by atoms with Gasteiger partial charge in [-0.05, 0) is 45.7 Å². The monoisotopic (exact) mass is 276 g/mol. The highest BCUT2D eigenvalue weighted by atomic mass is 16.4. The van der Waals surface area contributed by atoms with Crippen molar-refractivity contribution in [1.29, 1.82) is 0 Å². The Labute approximate surface area is 121 Å². The number of phenols is 1. The largest absolute Gasteiger partial charge is 0.508 e. The van der Waals surface area contributed by atoms with Crippen molar-refractivity contribution in [1.82, 2.24) is 0 Å². The third-order valence-corrected chi connectivity index (χ3v) is 3.19. The summed E-state index contributed by atoms with van der Waals surface area (Å²) in [7, 11) is 0. The molecule has 0 atom stereocenters. The highest BCUT2D eigenvalue weighted by molar-refractivity contribution is 5.85. The Morgan fingerprint density at radius 3 is 1.90 bits per heavy atom. The van der Waals surface area contributed by atoms with Crippen LogP contribution in [0.2, 0.25) is 0 Å². The summed E-state index contributed by atoms with van der Waals surface area (Å²) in [5.41, 5.74) is 2.21. The molecule has 0 unspecified atom stereocenters. The van der Waals surface area contributed by atoms with Gasteiger partial charge in [-0.1, -0.05) is 41.5 Å². The van der Waals surface area contributed by atoms with E-state index >= 15 is 0 Å². The molecule has 0 aliphatic heterocycles. The number of rotatable bonds is 2. The van der Waals surface area contributed by atoms with E-state index < -0.39 is 5.97 Å². The van der Waals surface area contributed by atoms with Crippen molar-refractivity contribution >= 4 is 12.0 Å². The molecule has 0 radical (unpaired) electrons. The van der Waals surface area contributed by atoms with Crippen LogP contribution in [0.15, 0.2) is 18.2 Å². The summed E-state index contributed by atoms with van der Waals surface area (Å²) < 4.78 is 0. The summed E-state index contributed by atoms with van der Waals surface area (Å²) in [4.78, 5) is 10.7. The first-order chi connectivity index (χ1) is 8.93. The third kappa shape index (κ3) is 3.86. The molecule has 0 fully saturated rings. The van der Waals surface area contributed by atoms with Crippen molar-refractivity contribution in [2.45, 2.75) is 52.4 Å². The molecule has 0 saturated carbocycles. The van der Waals surface area contributed by atoms with Crippen LogP contribution in [-0.4, -0.2) is 16.2 Å². The molecule has 0 saturated heterocycles. The molecule has 0 bridgehead atoms. The molecule has 20 heavy (non-hydrogen) atoms. The number of aliphatic carboxylic acids is 1. The van der Waals surface area contributed by atoms with Gasteiger partial charge in [-0.25, -0.2) is 4.79 Å². The molecule has 1 aromatic carbocycles. The van der Waals surface area contributed by atoms with E-state index in [0.29, 0.717) is 0 Å². The minimum Gasteiger partial charge on any atom is -0.508 e. The van der Waals surface area contributed by atoms with Gasteiger partial charge >= 0.3 is 5.97 Å². The number of benzene rings is 1. The van der Waals surface area contributed by atoms with E-state index in [2.05, 4.69) is 0 Å². The highest BCUT2D eigenvalue weighted by Crippen LogP contribution is 2.37. The first-order valence-corrected chi connectivity index (χ1v) is 6.72. The smallest absolute Gasteiger partial charge is 0.328 e. The molecule has 3 nitrogen and oxygen atoms in total. The maximum Gasteiger partial charge on any atom is 0.328 e. The maximum atomic E-state index is 10.7. The molecule has 0 aliphatic rings. The third-order valence-electron chi connectivity index (χ3n) is 3.19. The quantitative estimate of drug-likeness (QED) is 0.800. The molecule has 2 N–H and O–H groups in total. The van der Waals surface area contributed by atoms with Crippen molar-refractivity contribution in [3.05, 3.63) is 34.9 Å². The number of aromatic hydroxyl groups is 1. The summed E-state index contributed by atoms with van der Waals surface area (Å²) in [5, 5.41) is 19.1. The summed E-state index contributed by atoms with van der Waals surface area (Å²) in [6.45, 7) is 12.2. The second-order valence-corrected chi connectivity index (χ2v) is 7.13. The average Bonchev–Trinajstić information content (AvgIpc) is 2.23. The predicted octanol–water partition coefficient (Wildman–Crippen LogP) is 4.09. The zero-order chi connectivity index (χ0) is 15.7. The van der Waals surface area contributed by atoms with Gasteiger partial charge in [-0.15, -0.1) is 0 Å². The lowest BCUT2D eigenvalue weighted by atomic mass is 9.78. The maximum absolute atomic E-state index is 10.7. The van der Waals surface area contributed by atoms with Gasteiger partial charge < -0.3 is 10.2 Å². The van der Waals surface area contributed by atoms with Gasteiger partial charge in [0.15, 0.2) is 0 Å². The number of carbonyl (C=O) groups is 1. The zero-order valence-corrected chi connectivity index (χ0v) is 13.1. The molecule has 3 heteroatoms. The number of hydrogen-bond donors (Lipinski definition) is 2. The average molecular weight is 276 g/mol. The van der Waals surface area contributed by atoms with Gasteiger partial charge in [0.05, 0.1) is 0 Å². The van der Waals surface area contributed by atoms with E-state index in [9.17, 15) is 9.90 Å². The van der Waals surface area contributed by atoms with E-state index in [0.717, 1.165) is 22.8 Å². The van der Waals surface area contributed by atoms with Crippen LogP contribution in [0.1, 0.15) is 58.2 Å². The Bertz CT molecular complexity index is 541. The van der Waals surface area contributed by atoms with Crippen LogP contribution in [0.4, 0.5) is 0 Å². The molecule has 0 heterocycles. The van der Waals surface area contributed by atoms with Crippen LogP contribution in [0.3, 0.4) is 0 Å². The summed E-state index contributed by atoms with van der Waals surface area (Å²) in [5.74, 6) is -0.717. The van der Waals surface area contributed by atoms with Crippen molar-refractivity contribution in [3.63, 3.8) is 0 Å². The van der Waals surface area contributed by atoms with E-state index in [1.165, 1.54) is 0 Å². The fourth-order valence-electron chi connectivity index (χ4n) is 2.15. The Kier molecular flexibility index (Phi) is 4.33. The number of phenolic OH excluding ortho intramolecular Hbond substituents is 1. The topological polar surface area (TPSA) is 57.5 Å². The Morgan fingerprint density at radius 1 is 1.00 bits per heavy atom. The fraction of sp³-hybridized carbons (Fsp3) is 0.471. The number of carboxylic acid groups (broad SMARTS) is 1. The standard InChI is InChI=1S/C17H24O3/c1-16(2,3)12-10-14(18)13(17(4,5)6)9-11(12)7-8-15(19)20/h7-10,18H,1-6H3,(H,19,20). The van der Waals surface area contributed by atoms with Crippen molar-refractivity contribution in [3.8, 4) is 5.75 Å². The molecule has 0 spiro atoms. The molecule has 0 aromatic heterocycles. The highest BCUT2D eigenvalue weighted by Gasteiger charge is 2.24. The summed E-state index contributed by atoms with van der Waals surface area (Å²) in [6, 6.07) is 3.64.